The highest BCUT2D eigenvalue weighted by Crippen LogP contribution is 2.40. The summed E-state index contributed by atoms with van der Waals surface area (Å²) >= 11 is 0. The molecule has 0 aromatic rings. The topological polar surface area (TPSA) is 57.6 Å². The quantitative estimate of drug-likeness (QED) is 0.784. The van der Waals surface area contributed by atoms with Gasteiger partial charge in [0.1, 0.15) is 0 Å². The van der Waals surface area contributed by atoms with Crippen molar-refractivity contribution in [3.05, 3.63) is 0 Å². The molecule has 1 aliphatic heterocycles. The molecule has 2 fully saturated rings. The van der Waals surface area contributed by atoms with Crippen LogP contribution in [0, 0.1) is 11.8 Å². The zero-order chi connectivity index (χ0) is 13.5. The fourth-order valence-corrected chi connectivity index (χ4v) is 3.04. The first-order valence-corrected chi connectivity index (χ1v) is 5.91. The minimum Gasteiger partial charge on any atom is -0.481 e. The molecule has 2 rings (SSSR count). The summed E-state index contributed by atoms with van der Waals surface area (Å²) < 4.78 is 37.2. The number of hydrogen-bond donors (Lipinski definition) is 1. The summed E-state index contributed by atoms with van der Waals surface area (Å²) in [5.74, 6) is -3.43. The minimum atomic E-state index is -4.87. The van der Waals surface area contributed by atoms with E-state index < -0.39 is 30.0 Å². The maximum absolute atomic E-state index is 12.4. The van der Waals surface area contributed by atoms with Gasteiger partial charge in [-0.3, -0.25) is 9.59 Å². The van der Waals surface area contributed by atoms with E-state index in [1.165, 1.54) is 0 Å². The lowest BCUT2D eigenvalue weighted by molar-refractivity contribution is -0.187. The number of halogens is 3. The van der Waals surface area contributed by atoms with Gasteiger partial charge in [0, 0.05) is 12.6 Å². The molecule has 7 heteroatoms. The van der Waals surface area contributed by atoms with Crippen LogP contribution in [0.2, 0.25) is 0 Å². The Morgan fingerprint density at radius 3 is 2.39 bits per heavy atom. The van der Waals surface area contributed by atoms with Gasteiger partial charge in [0.25, 0.3) is 0 Å². The number of carboxylic acids is 1. The molecule has 0 radical (unpaired) electrons. The Morgan fingerprint density at radius 2 is 1.83 bits per heavy atom. The second kappa shape index (κ2) is 4.44. The molecule has 0 aromatic heterocycles. The average Bonchev–Trinajstić information content (AvgIpc) is 2.68. The van der Waals surface area contributed by atoms with Crippen molar-refractivity contribution in [2.24, 2.45) is 11.8 Å². The van der Waals surface area contributed by atoms with Gasteiger partial charge in [-0.25, -0.2) is 0 Å². The number of fused-ring (bicyclic) bond motifs is 1. The number of rotatable bonds is 1. The molecule has 0 bridgehead atoms. The molecule has 0 aromatic carbocycles. The van der Waals surface area contributed by atoms with Crippen molar-refractivity contribution in [3.63, 3.8) is 0 Å². The van der Waals surface area contributed by atoms with Crippen LogP contribution in [0.25, 0.3) is 0 Å². The second-order valence-corrected chi connectivity index (χ2v) is 4.96. The van der Waals surface area contributed by atoms with Crippen molar-refractivity contribution < 1.29 is 27.9 Å². The smallest absolute Gasteiger partial charge is 0.471 e. The third kappa shape index (κ3) is 2.30. The van der Waals surface area contributed by atoms with E-state index in [0.717, 1.165) is 4.90 Å². The van der Waals surface area contributed by atoms with Gasteiger partial charge in [-0.1, -0.05) is 0 Å². The van der Waals surface area contributed by atoms with Crippen molar-refractivity contribution >= 4 is 11.9 Å². The normalized spacial score (nSPS) is 32.2. The predicted octanol–water partition coefficient (Wildman–Crippen LogP) is 1.65. The van der Waals surface area contributed by atoms with Crippen LogP contribution in [0.3, 0.4) is 0 Å². The molecule has 0 unspecified atom stereocenters. The molecule has 18 heavy (non-hydrogen) atoms. The lowest BCUT2D eigenvalue weighted by Gasteiger charge is -2.34. The van der Waals surface area contributed by atoms with Crippen LogP contribution in [0.1, 0.15) is 25.7 Å². The molecule has 3 atom stereocenters. The second-order valence-electron chi connectivity index (χ2n) is 4.96. The van der Waals surface area contributed by atoms with Crippen LogP contribution < -0.4 is 0 Å². The van der Waals surface area contributed by atoms with E-state index in [9.17, 15) is 22.8 Å². The van der Waals surface area contributed by atoms with Crippen molar-refractivity contribution in [3.8, 4) is 0 Å². The maximum atomic E-state index is 12.4. The Labute approximate surface area is 102 Å². The number of aliphatic carboxylic acids is 1. The molecule has 1 saturated carbocycles. The number of carbonyl (C=O) groups is 2. The standard InChI is InChI=1S/C11H14F3NO3/c12-11(13,14)10(18)15-4-3-6-1-2-7(9(16)17)5-8(6)15/h6-8H,1-5H2,(H,16,17)/t6-,7+,8-/m0/s1. The molecule has 2 aliphatic rings. The van der Waals surface area contributed by atoms with Crippen molar-refractivity contribution in [2.45, 2.75) is 37.9 Å². The van der Waals surface area contributed by atoms with Crippen LogP contribution in [0.15, 0.2) is 0 Å². The summed E-state index contributed by atoms with van der Waals surface area (Å²) in [6, 6.07) is -0.561. The van der Waals surface area contributed by atoms with E-state index in [1.54, 1.807) is 0 Å². The van der Waals surface area contributed by atoms with E-state index in [1.807, 2.05) is 0 Å². The Balaban J connectivity index is 2.11. The van der Waals surface area contributed by atoms with Gasteiger partial charge in [0.2, 0.25) is 0 Å². The van der Waals surface area contributed by atoms with Gasteiger partial charge < -0.3 is 10.0 Å². The van der Waals surface area contributed by atoms with Crippen molar-refractivity contribution in [1.29, 1.82) is 0 Å². The zero-order valence-corrected chi connectivity index (χ0v) is 9.61. The summed E-state index contributed by atoms with van der Waals surface area (Å²) in [6.45, 7) is 0.0833. The highest BCUT2D eigenvalue weighted by atomic mass is 19.4. The fourth-order valence-electron chi connectivity index (χ4n) is 3.04. The first-order valence-electron chi connectivity index (χ1n) is 5.91. The Hall–Kier alpha value is -1.27. The zero-order valence-electron chi connectivity index (χ0n) is 9.61. The van der Waals surface area contributed by atoms with Crippen LogP contribution in [0.5, 0.6) is 0 Å². The predicted molar refractivity (Wildman–Crippen MR) is 54.6 cm³/mol. The SMILES string of the molecule is O=C(O)[C@@H]1CC[C@H]2CCN(C(=O)C(F)(F)F)[C@H]2C1. The first-order chi connectivity index (χ1) is 8.30. The largest absolute Gasteiger partial charge is 0.481 e. The van der Waals surface area contributed by atoms with Gasteiger partial charge in [-0.05, 0) is 31.6 Å². The van der Waals surface area contributed by atoms with Gasteiger partial charge in [0.15, 0.2) is 0 Å². The minimum absolute atomic E-state index is 0.0203. The van der Waals surface area contributed by atoms with Gasteiger partial charge in [-0.15, -0.1) is 0 Å². The molecule has 1 saturated heterocycles. The molecule has 1 N–H and O–H groups in total. The highest BCUT2D eigenvalue weighted by molar-refractivity contribution is 5.82. The van der Waals surface area contributed by atoms with Crippen molar-refractivity contribution in [2.75, 3.05) is 6.54 Å². The summed E-state index contributed by atoms with van der Waals surface area (Å²) in [5.41, 5.74) is 0. The summed E-state index contributed by atoms with van der Waals surface area (Å²) in [7, 11) is 0. The fraction of sp³-hybridized carbons (Fsp3) is 0.818. The molecule has 1 aliphatic carbocycles. The van der Waals surface area contributed by atoms with Crippen molar-refractivity contribution in [1.82, 2.24) is 4.90 Å². The molecule has 4 nitrogen and oxygen atoms in total. The number of hydrogen-bond acceptors (Lipinski definition) is 2. The number of amides is 1. The molecule has 102 valence electrons. The van der Waals surface area contributed by atoms with Gasteiger partial charge >= 0.3 is 18.1 Å². The highest BCUT2D eigenvalue weighted by Gasteiger charge is 2.50. The third-order valence-corrected chi connectivity index (χ3v) is 3.95. The Kier molecular flexibility index (Phi) is 3.25. The van der Waals surface area contributed by atoms with Crippen LogP contribution in [0.4, 0.5) is 13.2 Å². The summed E-state index contributed by atoms with van der Waals surface area (Å²) in [4.78, 5) is 23.0. The van der Waals surface area contributed by atoms with Crippen LogP contribution >= 0.6 is 0 Å². The third-order valence-electron chi connectivity index (χ3n) is 3.95. The van der Waals surface area contributed by atoms with E-state index in [2.05, 4.69) is 0 Å². The number of alkyl halides is 3. The van der Waals surface area contributed by atoms with E-state index in [4.69, 9.17) is 5.11 Å². The number of carbonyl (C=O) groups excluding carboxylic acids is 1. The molecular formula is C11H14F3NO3. The van der Waals surface area contributed by atoms with Gasteiger partial charge in [0.05, 0.1) is 5.92 Å². The van der Waals surface area contributed by atoms with E-state index in [0.29, 0.717) is 19.3 Å². The Bertz CT molecular complexity index is 369. The van der Waals surface area contributed by atoms with Crippen LogP contribution in [-0.2, 0) is 9.59 Å². The Morgan fingerprint density at radius 1 is 1.17 bits per heavy atom. The summed E-state index contributed by atoms with van der Waals surface area (Å²) in [5, 5.41) is 8.92. The van der Waals surface area contributed by atoms with E-state index >= 15 is 0 Å². The molecular weight excluding hydrogens is 251 g/mol. The van der Waals surface area contributed by atoms with Crippen LogP contribution in [-0.4, -0.2) is 40.6 Å². The molecule has 1 amide bonds. The lowest BCUT2D eigenvalue weighted by atomic mass is 9.78. The lowest BCUT2D eigenvalue weighted by Crippen LogP contribution is -2.47. The molecule has 0 spiro atoms. The number of likely N-dealkylation sites (tertiary alicyclic amines) is 1. The molecule has 1 heterocycles. The number of nitrogens with zero attached hydrogens (tertiary/aromatic N) is 1. The number of carboxylic acid groups (broad SMARTS) is 1. The summed E-state index contributed by atoms with van der Waals surface area (Å²) in [6.07, 6.45) is -3.11. The monoisotopic (exact) mass is 265 g/mol. The maximum Gasteiger partial charge on any atom is 0.471 e. The average molecular weight is 265 g/mol. The van der Waals surface area contributed by atoms with Gasteiger partial charge in [-0.2, -0.15) is 13.2 Å². The first kappa shape index (κ1) is 13.2. The van der Waals surface area contributed by atoms with E-state index in [-0.39, 0.29) is 18.9 Å².